The fourth-order valence-corrected chi connectivity index (χ4v) is 3.62. The van der Waals surface area contributed by atoms with Crippen LogP contribution < -0.4 is 10.2 Å². The maximum Gasteiger partial charge on any atom is 0.249 e. The average Bonchev–Trinajstić information content (AvgIpc) is 3.15. The van der Waals surface area contributed by atoms with Gasteiger partial charge in [-0.2, -0.15) is 0 Å². The Labute approximate surface area is 139 Å². The third-order valence-corrected chi connectivity index (χ3v) is 5.15. The molecule has 1 aromatic rings. The zero-order valence-corrected chi connectivity index (χ0v) is 14.1. The molecule has 1 atom stereocenters. The minimum Gasteiger partial charge on any atom is -0.372 e. The van der Waals surface area contributed by atoms with Gasteiger partial charge in [-0.25, -0.2) is 0 Å². The molecule has 1 aromatic carbocycles. The monoisotopic (exact) mass is 316 g/mol. The number of hydrogen-bond acceptors (Lipinski definition) is 3. The lowest BCUT2D eigenvalue weighted by Crippen LogP contribution is -2.34. The Morgan fingerprint density at radius 1 is 1.13 bits per heavy atom. The molecule has 2 aliphatic rings. The Morgan fingerprint density at radius 3 is 2.52 bits per heavy atom. The van der Waals surface area contributed by atoms with Gasteiger partial charge in [-0.1, -0.05) is 31.4 Å². The van der Waals surface area contributed by atoms with Crippen molar-refractivity contribution in [3.63, 3.8) is 0 Å². The third kappa shape index (κ3) is 4.25. The maximum absolute atomic E-state index is 12.0. The molecule has 1 unspecified atom stereocenters. The summed E-state index contributed by atoms with van der Waals surface area (Å²) in [6.45, 7) is 1.28. The van der Waals surface area contributed by atoms with E-state index in [4.69, 9.17) is 4.74 Å². The van der Waals surface area contributed by atoms with E-state index in [0.29, 0.717) is 19.2 Å². The molecule has 0 spiro atoms. The van der Waals surface area contributed by atoms with Gasteiger partial charge in [-0.3, -0.25) is 4.79 Å². The number of nitrogens with one attached hydrogen (secondary N) is 1. The summed E-state index contributed by atoms with van der Waals surface area (Å²) in [4.78, 5) is 14.4. The van der Waals surface area contributed by atoms with Gasteiger partial charge in [0.25, 0.3) is 0 Å². The van der Waals surface area contributed by atoms with Crippen molar-refractivity contribution in [2.24, 2.45) is 0 Å². The zero-order chi connectivity index (χ0) is 16.1. The first-order valence-electron chi connectivity index (χ1n) is 8.95. The van der Waals surface area contributed by atoms with E-state index in [1.165, 1.54) is 37.8 Å². The van der Waals surface area contributed by atoms with Crippen LogP contribution in [0.3, 0.4) is 0 Å². The summed E-state index contributed by atoms with van der Waals surface area (Å²) in [5, 5.41) is 2.98. The normalized spacial score (nSPS) is 22.0. The SMILES string of the molecule is CN(c1ccc(CNC(=O)C2CCCO2)cc1)C1CCCCC1. The van der Waals surface area contributed by atoms with E-state index in [1.807, 2.05) is 0 Å². The molecule has 3 rings (SSSR count). The van der Waals surface area contributed by atoms with Crippen molar-refractivity contribution in [1.82, 2.24) is 5.32 Å². The van der Waals surface area contributed by atoms with Crippen molar-refractivity contribution in [2.75, 3.05) is 18.6 Å². The van der Waals surface area contributed by atoms with Crippen LogP contribution in [0.4, 0.5) is 5.69 Å². The van der Waals surface area contributed by atoms with E-state index < -0.39 is 0 Å². The second kappa shape index (κ2) is 7.82. The van der Waals surface area contributed by atoms with E-state index in [0.717, 1.165) is 18.4 Å². The molecule has 1 saturated carbocycles. The van der Waals surface area contributed by atoms with Crippen LogP contribution in [-0.4, -0.2) is 31.7 Å². The van der Waals surface area contributed by atoms with Crippen LogP contribution in [0.1, 0.15) is 50.5 Å². The average molecular weight is 316 g/mol. The molecule has 4 nitrogen and oxygen atoms in total. The molecule has 1 heterocycles. The Balaban J connectivity index is 1.51. The van der Waals surface area contributed by atoms with Gasteiger partial charge in [0.05, 0.1) is 0 Å². The van der Waals surface area contributed by atoms with Crippen LogP contribution >= 0.6 is 0 Å². The van der Waals surface area contributed by atoms with Crippen LogP contribution in [0.2, 0.25) is 0 Å². The molecule has 0 radical (unpaired) electrons. The molecule has 0 aromatic heterocycles. The molecular weight excluding hydrogens is 288 g/mol. The standard InChI is InChI=1S/C19H28N2O2/c1-21(16-6-3-2-4-7-16)17-11-9-15(10-12-17)14-20-19(22)18-8-5-13-23-18/h9-12,16,18H,2-8,13-14H2,1H3,(H,20,22). The predicted octanol–water partition coefficient (Wildman–Crippen LogP) is 3.25. The highest BCUT2D eigenvalue weighted by molar-refractivity contribution is 5.80. The lowest BCUT2D eigenvalue weighted by molar-refractivity contribution is -0.130. The van der Waals surface area contributed by atoms with Gasteiger partial charge >= 0.3 is 0 Å². The summed E-state index contributed by atoms with van der Waals surface area (Å²) < 4.78 is 5.40. The van der Waals surface area contributed by atoms with Gasteiger partial charge in [0.1, 0.15) is 6.10 Å². The lowest BCUT2D eigenvalue weighted by atomic mass is 9.94. The van der Waals surface area contributed by atoms with Gasteiger partial charge in [-0.15, -0.1) is 0 Å². The molecule has 1 aliphatic heterocycles. The van der Waals surface area contributed by atoms with Gasteiger partial charge in [-0.05, 0) is 43.4 Å². The first-order valence-corrected chi connectivity index (χ1v) is 8.95. The Morgan fingerprint density at radius 2 is 1.87 bits per heavy atom. The van der Waals surface area contributed by atoms with E-state index in [2.05, 4.69) is 41.5 Å². The zero-order valence-electron chi connectivity index (χ0n) is 14.1. The maximum atomic E-state index is 12.0. The van der Waals surface area contributed by atoms with Crippen molar-refractivity contribution < 1.29 is 9.53 Å². The molecule has 1 N–H and O–H groups in total. The number of anilines is 1. The minimum atomic E-state index is -0.244. The number of amides is 1. The minimum absolute atomic E-state index is 0.0194. The highest BCUT2D eigenvalue weighted by Crippen LogP contribution is 2.26. The molecule has 1 aliphatic carbocycles. The summed E-state index contributed by atoms with van der Waals surface area (Å²) in [5.41, 5.74) is 2.41. The molecule has 4 heteroatoms. The van der Waals surface area contributed by atoms with Crippen molar-refractivity contribution in [2.45, 2.75) is 63.6 Å². The largest absolute Gasteiger partial charge is 0.372 e. The highest BCUT2D eigenvalue weighted by atomic mass is 16.5. The number of carbonyl (C=O) groups is 1. The summed E-state index contributed by atoms with van der Waals surface area (Å²) in [6, 6.07) is 9.24. The smallest absolute Gasteiger partial charge is 0.249 e. The second-order valence-corrected chi connectivity index (χ2v) is 6.79. The summed E-state index contributed by atoms with van der Waals surface area (Å²) in [5.74, 6) is 0.0194. The Bertz CT molecular complexity index is 503. The first kappa shape index (κ1) is 16.3. The number of hydrogen-bond donors (Lipinski definition) is 1. The van der Waals surface area contributed by atoms with Crippen LogP contribution in [-0.2, 0) is 16.1 Å². The second-order valence-electron chi connectivity index (χ2n) is 6.79. The molecule has 1 saturated heterocycles. The van der Waals surface area contributed by atoms with Crippen LogP contribution in [0.5, 0.6) is 0 Å². The first-order chi connectivity index (χ1) is 11.2. The Kier molecular flexibility index (Phi) is 5.55. The molecule has 0 bridgehead atoms. The third-order valence-electron chi connectivity index (χ3n) is 5.15. The predicted molar refractivity (Wildman–Crippen MR) is 92.5 cm³/mol. The number of ether oxygens (including phenoxy) is 1. The van der Waals surface area contributed by atoms with E-state index in [9.17, 15) is 4.79 Å². The summed E-state index contributed by atoms with van der Waals surface area (Å²) >= 11 is 0. The van der Waals surface area contributed by atoms with Gasteiger partial charge in [0.15, 0.2) is 0 Å². The quantitative estimate of drug-likeness (QED) is 0.906. The van der Waals surface area contributed by atoms with E-state index >= 15 is 0 Å². The van der Waals surface area contributed by atoms with Crippen molar-refractivity contribution >= 4 is 11.6 Å². The molecule has 23 heavy (non-hydrogen) atoms. The van der Waals surface area contributed by atoms with E-state index in [-0.39, 0.29) is 12.0 Å². The van der Waals surface area contributed by atoms with Crippen molar-refractivity contribution in [3.8, 4) is 0 Å². The summed E-state index contributed by atoms with van der Waals surface area (Å²) in [6.07, 6.45) is 8.27. The number of nitrogens with zero attached hydrogens (tertiary/aromatic N) is 1. The van der Waals surface area contributed by atoms with Crippen LogP contribution in [0.15, 0.2) is 24.3 Å². The van der Waals surface area contributed by atoms with Gasteiger partial charge in [0, 0.05) is 31.9 Å². The number of benzene rings is 1. The van der Waals surface area contributed by atoms with E-state index in [1.54, 1.807) is 0 Å². The fraction of sp³-hybridized carbons (Fsp3) is 0.632. The van der Waals surface area contributed by atoms with Crippen molar-refractivity contribution in [3.05, 3.63) is 29.8 Å². The number of carbonyl (C=O) groups excluding carboxylic acids is 1. The van der Waals surface area contributed by atoms with Gasteiger partial charge in [0.2, 0.25) is 5.91 Å². The fourth-order valence-electron chi connectivity index (χ4n) is 3.62. The van der Waals surface area contributed by atoms with Crippen LogP contribution in [0, 0.1) is 0 Å². The molecule has 2 fully saturated rings. The topological polar surface area (TPSA) is 41.6 Å². The molecule has 126 valence electrons. The Hall–Kier alpha value is -1.55. The van der Waals surface area contributed by atoms with Crippen LogP contribution in [0.25, 0.3) is 0 Å². The van der Waals surface area contributed by atoms with Gasteiger partial charge < -0.3 is 15.0 Å². The highest BCUT2D eigenvalue weighted by Gasteiger charge is 2.23. The molecule has 1 amide bonds. The summed E-state index contributed by atoms with van der Waals surface area (Å²) in [7, 11) is 2.20. The van der Waals surface area contributed by atoms with Crippen molar-refractivity contribution in [1.29, 1.82) is 0 Å². The number of rotatable bonds is 5. The lowest BCUT2D eigenvalue weighted by Gasteiger charge is -2.33. The molecular formula is C19H28N2O2.